The molecule has 0 unspecified atom stereocenters. The Morgan fingerprint density at radius 3 is 2.90 bits per heavy atom. The second-order valence-corrected chi connectivity index (χ2v) is 6.31. The van der Waals surface area contributed by atoms with Gasteiger partial charge in [0.1, 0.15) is 0 Å². The smallest absolute Gasteiger partial charge is 0.223 e. The minimum absolute atomic E-state index is 0.144. The van der Waals surface area contributed by atoms with E-state index >= 15 is 0 Å². The number of rotatable bonds is 3. The third kappa shape index (κ3) is 2.95. The summed E-state index contributed by atoms with van der Waals surface area (Å²) in [4.78, 5) is 21.1. The normalized spacial score (nSPS) is 27.3. The average molecular weight is 287 g/mol. The maximum absolute atomic E-state index is 12.1. The lowest BCUT2D eigenvalue weighted by Gasteiger charge is -2.37. The van der Waals surface area contributed by atoms with Crippen LogP contribution in [-0.2, 0) is 11.3 Å². The van der Waals surface area contributed by atoms with Crippen molar-refractivity contribution in [1.29, 1.82) is 0 Å². The first-order valence-electron chi connectivity index (χ1n) is 8.16. The molecule has 0 saturated carbocycles. The second-order valence-electron chi connectivity index (χ2n) is 6.31. The molecule has 21 heavy (non-hydrogen) atoms. The van der Waals surface area contributed by atoms with Crippen LogP contribution < -0.4 is 0 Å². The fourth-order valence-electron chi connectivity index (χ4n) is 4.02. The first kappa shape index (κ1) is 14.5. The lowest BCUT2D eigenvalue weighted by Crippen LogP contribution is -2.46. The van der Waals surface area contributed by atoms with E-state index in [0.29, 0.717) is 5.91 Å². The van der Waals surface area contributed by atoms with Gasteiger partial charge in [0.05, 0.1) is 5.69 Å². The fraction of sp³-hybridized carbons (Fsp3) is 0.647. The van der Waals surface area contributed by atoms with Gasteiger partial charge in [0.2, 0.25) is 5.91 Å². The van der Waals surface area contributed by atoms with Gasteiger partial charge in [-0.3, -0.25) is 14.7 Å². The van der Waals surface area contributed by atoms with Gasteiger partial charge in [0.25, 0.3) is 0 Å². The molecule has 1 aromatic rings. The van der Waals surface area contributed by atoms with Crippen molar-refractivity contribution < 1.29 is 4.79 Å². The first-order valence-corrected chi connectivity index (χ1v) is 8.16. The molecule has 0 bridgehead atoms. The van der Waals surface area contributed by atoms with Crippen LogP contribution in [0.3, 0.4) is 0 Å². The van der Waals surface area contributed by atoms with Crippen LogP contribution in [0.5, 0.6) is 0 Å². The Morgan fingerprint density at radius 1 is 1.24 bits per heavy atom. The summed E-state index contributed by atoms with van der Waals surface area (Å²) in [5.74, 6) is 0.357. The maximum atomic E-state index is 12.1. The summed E-state index contributed by atoms with van der Waals surface area (Å²) in [6, 6.07) is 6.11. The summed E-state index contributed by atoms with van der Waals surface area (Å²) in [5.41, 5.74) is 1.29. The van der Waals surface area contributed by atoms with E-state index in [4.69, 9.17) is 0 Å². The first-order chi connectivity index (χ1) is 10.2. The molecule has 0 aliphatic carbocycles. The molecular formula is C17H25N3O. The predicted molar refractivity (Wildman–Crippen MR) is 82.7 cm³/mol. The Morgan fingerprint density at radius 2 is 2.14 bits per heavy atom. The van der Waals surface area contributed by atoms with Gasteiger partial charge < -0.3 is 4.90 Å². The molecule has 4 nitrogen and oxygen atoms in total. The van der Waals surface area contributed by atoms with Crippen molar-refractivity contribution in [2.45, 2.75) is 51.1 Å². The van der Waals surface area contributed by atoms with Gasteiger partial charge in [-0.2, -0.15) is 0 Å². The monoisotopic (exact) mass is 287 g/mol. The Kier molecular flexibility index (Phi) is 4.24. The van der Waals surface area contributed by atoms with Crippen LogP contribution >= 0.6 is 0 Å². The Labute approximate surface area is 127 Å². The lowest BCUT2D eigenvalue weighted by atomic mass is 9.88. The van der Waals surface area contributed by atoms with Crippen molar-refractivity contribution in [3.8, 4) is 0 Å². The molecule has 0 radical (unpaired) electrons. The molecule has 0 N–H and O–H groups in total. The largest absolute Gasteiger partial charge is 0.337 e. The number of likely N-dealkylation sites (tertiary alicyclic amines) is 2. The Bertz CT molecular complexity index is 490. The van der Waals surface area contributed by atoms with Gasteiger partial charge in [-0.15, -0.1) is 0 Å². The second kappa shape index (κ2) is 6.14. The van der Waals surface area contributed by atoms with Crippen molar-refractivity contribution in [3.05, 3.63) is 30.1 Å². The molecule has 1 aromatic heterocycles. The topological polar surface area (TPSA) is 36.4 Å². The molecule has 3 rings (SSSR count). The third-order valence-corrected chi connectivity index (χ3v) is 5.12. The molecule has 2 fully saturated rings. The zero-order chi connectivity index (χ0) is 14.7. The highest BCUT2D eigenvalue weighted by molar-refractivity contribution is 5.79. The molecule has 3 heterocycles. The number of hydrogen-bond donors (Lipinski definition) is 0. The molecule has 1 spiro atoms. The summed E-state index contributed by atoms with van der Waals surface area (Å²) in [7, 11) is 0. The Hall–Kier alpha value is -1.42. The molecule has 2 saturated heterocycles. The van der Waals surface area contributed by atoms with Crippen LogP contribution in [0.2, 0.25) is 0 Å². The predicted octanol–water partition coefficient (Wildman–Crippen LogP) is 2.45. The summed E-state index contributed by atoms with van der Waals surface area (Å²) in [5, 5.41) is 0. The third-order valence-electron chi connectivity index (χ3n) is 5.12. The van der Waals surface area contributed by atoms with Gasteiger partial charge in [-0.1, -0.05) is 6.07 Å². The van der Waals surface area contributed by atoms with E-state index in [1.165, 1.54) is 6.42 Å². The van der Waals surface area contributed by atoms with Crippen LogP contribution in [-0.4, -0.2) is 45.9 Å². The summed E-state index contributed by atoms with van der Waals surface area (Å²) in [6.07, 6.45) is 7.11. The van der Waals surface area contributed by atoms with Crippen molar-refractivity contribution in [3.63, 3.8) is 0 Å². The van der Waals surface area contributed by atoms with Crippen LogP contribution in [0.15, 0.2) is 24.4 Å². The van der Waals surface area contributed by atoms with E-state index in [1.807, 2.05) is 12.3 Å². The molecule has 2 aliphatic heterocycles. The average Bonchev–Trinajstić information content (AvgIpc) is 2.68. The van der Waals surface area contributed by atoms with E-state index in [1.54, 1.807) is 0 Å². The minimum Gasteiger partial charge on any atom is -0.337 e. The molecular weight excluding hydrogens is 262 g/mol. The van der Waals surface area contributed by atoms with Gasteiger partial charge in [-0.25, -0.2) is 0 Å². The van der Waals surface area contributed by atoms with Crippen LogP contribution in [0.1, 0.15) is 44.7 Å². The van der Waals surface area contributed by atoms with Crippen LogP contribution in [0.4, 0.5) is 0 Å². The minimum atomic E-state index is 0.144. The molecule has 1 amide bonds. The molecule has 2 aliphatic rings. The standard InChI is InChI=1S/C17H25N3O/c1-2-20-16(21)7-9-17(20)8-5-12-19(13-10-17)14-15-6-3-4-11-18-15/h3-4,6,11H,2,5,7-10,12-14H2,1H3/t17-/m1/s1. The molecule has 1 atom stereocenters. The molecule has 114 valence electrons. The highest BCUT2D eigenvalue weighted by Crippen LogP contribution is 2.38. The fourth-order valence-corrected chi connectivity index (χ4v) is 4.02. The lowest BCUT2D eigenvalue weighted by molar-refractivity contribution is -0.131. The van der Waals surface area contributed by atoms with E-state index in [9.17, 15) is 4.79 Å². The molecule has 0 aromatic carbocycles. The van der Waals surface area contributed by atoms with E-state index in [0.717, 1.165) is 57.6 Å². The molecule has 4 heteroatoms. The zero-order valence-electron chi connectivity index (χ0n) is 12.9. The van der Waals surface area contributed by atoms with Gasteiger partial charge >= 0.3 is 0 Å². The zero-order valence-corrected chi connectivity index (χ0v) is 12.9. The number of aromatic nitrogens is 1. The van der Waals surface area contributed by atoms with Crippen LogP contribution in [0, 0.1) is 0 Å². The highest BCUT2D eigenvalue weighted by atomic mass is 16.2. The quantitative estimate of drug-likeness (QED) is 0.857. The Balaban J connectivity index is 1.65. The van der Waals surface area contributed by atoms with Crippen molar-refractivity contribution >= 4 is 5.91 Å². The van der Waals surface area contributed by atoms with Crippen LogP contribution in [0.25, 0.3) is 0 Å². The van der Waals surface area contributed by atoms with Crippen molar-refractivity contribution in [2.24, 2.45) is 0 Å². The number of carbonyl (C=O) groups excluding carboxylic acids is 1. The van der Waals surface area contributed by atoms with Gasteiger partial charge in [0.15, 0.2) is 0 Å². The number of hydrogen-bond acceptors (Lipinski definition) is 3. The number of pyridine rings is 1. The van der Waals surface area contributed by atoms with E-state index < -0.39 is 0 Å². The van der Waals surface area contributed by atoms with Crippen molar-refractivity contribution in [1.82, 2.24) is 14.8 Å². The highest BCUT2D eigenvalue weighted by Gasteiger charge is 2.44. The van der Waals surface area contributed by atoms with E-state index in [2.05, 4.69) is 33.8 Å². The van der Waals surface area contributed by atoms with Gasteiger partial charge in [-0.05, 0) is 51.3 Å². The van der Waals surface area contributed by atoms with Crippen molar-refractivity contribution in [2.75, 3.05) is 19.6 Å². The number of amides is 1. The maximum Gasteiger partial charge on any atom is 0.223 e. The summed E-state index contributed by atoms with van der Waals surface area (Å²) >= 11 is 0. The van der Waals surface area contributed by atoms with E-state index in [-0.39, 0.29) is 5.54 Å². The summed E-state index contributed by atoms with van der Waals surface area (Å²) < 4.78 is 0. The van der Waals surface area contributed by atoms with Gasteiger partial charge in [0, 0.05) is 37.8 Å². The SMILES string of the molecule is CCN1C(=O)CC[C@@]12CCCN(Cc1ccccn1)CC2. The number of carbonyl (C=O) groups is 1. The summed E-state index contributed by atoms with van der Waals surface area (Å²) in [6.45, 7) is 6.09. The number of nitrogens with zero attached hydrogens (tertiary/aromatic N) is 3.